The van der Waals surface area contributed by atoms with Gasteiger partial charge in [-0.1, -0.05) is 19.8 Å². The zero-order valence-electron chi connectivity index (χ0n) is 6.05. The van der Waals surface area contributed by atoms with Crippen LogP contribution >= 0.6 is 0 Å². The Balaban J connectivity index is 3.08. The minimum Gasteiger partial charge on any atom is -0.424 e. The minimum atomic E-state index is 0.106. The van der Waals surface area contributed by atoms with E-state index in [4.69, 9.17) is 5.26 Å². The summed E-state index contributed by atoms with van der Waals surface area (Å²) in [5, 5.41) is 8.06. The maximum atomic E-state index is 8.06. The first-order valence-corrected chi connectivity index (χ1v) is 3.36. The summed E-state index contributed by atoms with van der Waals surface area (Å²) < 4.78 is 4.65. The van der Waals surface area contributed by atoms with Crippen molar-refractivity contribution in [1.82, 2.24) is 0 Å². The minimum absolute atomic E-state index is 0.106. The molecule has 1 atom stereocenters. The highest BCUT2D eigenvalue weighted by Gasteiger charge is 1.98. The summed E-state index contributed by atoms with van der Waals surface area (Å²) in [4.78, 5) is 0. The second-order valence-electron chi connectivity index (χ2n) is 2.16. The van der Waals surface area contributed by atoms with Crippen molar-refractivity contribution in [2.75, 3.05) is 0 Å². The summed E-state index contributed by atoms with van der Waals surface area (Å²) >= 11 is 0. The van der Waals surface area contributed by atoms with Crippen LogP contribution in [0.5, 0.6) is 0 Å². The molecule has 0 heterocycles. The zero-order chi connectivity index (χ0) is 7.11. The number of nitriles is 1. The van der Waals surface area contributed by atoms with Crippen LogP contribution in [0.3, 0.4) is 0 Å². The number of nitrogens with zero attached hydrogens (tertiary/aromatic N) is 1. The Morgan fingerprint density at radius 2 is 2.33 bits per heavy atom. The molecule has 0 aromatic heterocycles. The van der Waals surface area contributed by atoms with Crippen LogP contribution in [0.2, 0.25) is 0 Å². The summed E-state index contributed by atoms with van der Waals surface area (Å²) in [6, 6.07) is 0. The lowest BCUT2D eigenvalue weighted by molar-refractivity contribution is 0.167. The zero-order valence-corrected chi connectivity index (χ0v) is 6.05. The molecule has 0 spiro atoms. The smallest absolute Gasteiger partial charge is 0.286 e. The Morgan fingerprint density at radius 1 is 1.67 bits per heavy atom. The molecule has 0 bridgehead atoms. The lowest BCUT2D eigenvalue weighted by Crippen LogP contribution is -2.02. The first-order valence-electron chi connectivity index (χ1n) is 3.36. The molecule has 52 valence electrons. The van der Waals surface area contributed by atoms with Crippen molar-refractivity contribution in [3.8, 4) is 6.26 Å². The molecule has 0 aliphatic carbocycles. The van der Waals surface area contributed by atoms with Crippen LogP contribution in [-0.4, -0.2) is 6.10 Å². The first-order chi connectivity index (χ1) is 4.31. The van der Waals surface area contributed by atoms with Crippen LogP contribution < -0.4 is 0 Å². The Labute approximate surface area is 56.4 Å². The molecule has 0 saturated carbocycles. The summed E-state index contributed by atoms with van der Waals surface area (Å²) in [5.74, 6) is 0. The van der Waals surface area contributed by atoms with Crippen molar-refractivity contribution in [1.29, 1.82) is 5.26 Å². The third-order valence-electron chi connectivity index (χ3n) is 1.22. The SMILES string of the molecule is CCCCC(C)OC#N. The van der Waals surface area contributed by atoms with Gasteiger partial charge in [0.15, 0.2) is 0 Å². The molecule has 0 fully saturated rings. The lowest BCUT2D eigenvalue weighted by atomic mass is 10.2. The fraction of sp³-hybridized carbons (Fsp3) is 0.857. The standard InChI is InChI=1S/C7H13NO/c1-3-4-5-7(2)9-6-8/h7H,3-5H2,1-2H3. The van der Waals surface area contributed by atoms with Crippen molar-refractivity contribution in [2.24, 2.45) is 0 Å². The van der Waals surface area contributed by atoms with Crippen LogP contribution in [0, 0.1) is 11.5 Å². The average Bonchev–Trinajstić information content (AvgIpc) is 1.85. The van der Waals surface area contributed by atoms with E-state index in [9.17, 15) is 0 Å². The monoisotopic (exact) mass is 127 g/mol. The molecule has 1 unspecified atom stereocenters. The second kappa shape index (κ2) is 5.43. The van der Waals surface area contributed by atoms with Crippen molar-refractivity contribution < 1.29 is 4.74 Å². The molecule has 0 radical (unpaired) electrons. The maximum absolute atomic E-state index is 8.06. The largest absolute Gasteiger partial charge is 0.424 e. The third kappa shape index (κ3) is 5.16. The van der Waals surface area contributed by atoms with E-state index in [2.05, 4.69) is 11.7 Å². The average molecular weight is 127 g/mol. The highest BCUT2D eigenvalue weighted by Crippen LogP contribution is 2.02. The normalized spacial score (nSPS) is 12.1. The second-order valence-corrected chi connectivity index (χ2v) is 2.16. The van der Waals surface area contributed by atoms with Crippen LogP contribution in [0.4, 0.5) is 0 Å². The Hall–Kier alpha value is -0.710. The van der Waals surface area contributed by atoms with Gasteiger partial charge in [-0.2, -0.15) is 5.26 Å². The Bertz CT molecular complexity index is 95.6. The summed E-state index contributed by atoms with van der Waals surface area (Å²) in [6.45, 7) is 4.04. The fourth-order valence-electron chi connectivity index (χ4n) is 0.640. The molecule has 0 aliphatic heterocycles. The molecular formula is C7H13NO. The van der Waals surface area contributed by atoms with Crippen molar-refractivity contribution in [3.05, 3.63) is 0 Å². The van der Waals surface area contributed by atoms with E-state index in [-0.39, 0.29) is 6.10 Å². The van der Waals surface area contributed by atoms with E-state index in [0.717, 1.165) is 12.8 Å². The van der Waals surface area contributed by atoms with Gasteiger partial charge in [0.25, 0.3) is 6.26 Å². The summed E-state index contributed by atoms with van der Waals surface area (Å²) in [6.07, 6.45) is 5.08. The molecular weight excluding hydrogens is 114 g/mol. The van der Waals surface area contributed by atoms with E-state index in [1.807, 2.05) is 6.92 Å². The highest BCUT2D eigenvalue weighted by molar-refractivity contribution is 4.56. The predicted octanol–water partition coefficient (Wildman–Crippen LogP) is 2.06. The predicted molar refractivity (Wildman–Crippen MR) is 35.7 cm³/mol. The van der Waals surface area contributed by atoms with E-state index < -0.39 is 0 Å². The van der Waals surface area contributed by atoms with Crippen LogP contribution in [-0.2, 0) is 4.74 Å². The van der Waals surface area contributed by atoms with Gasteiger partial charge in [0.2, 0.25) is 0 Å². The van der Waals surface area contributed by atoms with E-state index in [1.54, 1.807) is 6.26 Å². The van der Waals surface area contributed by atoms with Gasteiger partial charge in [0.1, 0.15) is 6.10 Å². The van der Waals surface area contributed by atoms with Gasteiger partial charge in [0, 0.05) is 0 Å². The molecule has 0 aliphatic rings. The lowest BCUT2D eigenvalue weighted by Gasteiger charge is -2.04. The van der Waals surface area contributed by atoms with Gasteiger partial charge in [-0.15, -0.1) is 0 Å². The number of hydrogen-bond donors (Lipinski definition) is 0. The number of unbranched alkanes of at least 4 members (excludes halogenated alkanes) is 1. The number of hydrogen-bond acceptors (Lipinski definition) is 2. The van der Waals surface area contributed by atoms with E-state index >= 15 is 0 Å². The van der Waals surface area contributed by atoms with Gasteiger partial charge in [-0.25, -0.2) is 0 Å². The van der Waals surface area contributed by atoms with Crippen molar-refractivity contribution in [2.45, 2.75) is 39.2 Å². The highest BCUT2D eigenvalue weighted by atomic mass is 16.5. The van der Waals surface area contributed by atoms with Crippen LogP contribution in [0.25, 0.3) is 0 Å². The third-order valence-corrected chi connectivity index (χ3v) is 1.22. The Kier molecular flexibility index (Phi) is 5.00. The van der Waals surface area contributed by atoms with Gasteiger partial charge in [-0.3, -0.25) is 0 Å². The van der Waals surface area contributed by atoms with Crippen LogP contribution in [0.15, 0.2) is 0 Å². The quantitative estimate of drug-likeness (QED) is 0.541. The molecule has 0 N–H and O–H groups in total. The summed E-state index contributed by atoms with van der Waals surface area (Å²) in [5.41, 5.74) is 0. The first kappa shape index (κ1) is 8.29. The van der Waals surface area contributed by atoms with Crippen molar-refractivity contribution >= 4 is 0 Å². The topological polar surface area (TPSA) is 33.0 Å². The Morgan fingerprint density at radius 3 is 2.78 bits per heavy atom. The molecule has 0 amide bonds. The molecule has 0 aromatic carbocycles. The number of rotatable bonds is 4. The molecule has 9 heavy (non-hydrogen) atoms. The van der Waals surface area contributed by atoms with E-state index in [1.165, 1.54) is 6.42 Å². The van der Waals surface area contributed by atoms with Gasteiger partial charge in [-0.05, 0) is 13.3 Å². The van der Waals surface area contributed by atoms with Gasteiger partial charge >= 0.3 is 0 Å². The van der Waals surface area contributed by atoms with Gasteiger partial charge in [0.05, 0.1) is 0 Å². The van der Waals surface area contributed by atoms with Gasteiger partial charge < -0.3 is 4.74 Å². The molecule has 0 saturated heterocycles. The summed E-state index contributed by atoms with van der Waals surface area (Å²) in [7, 11) is 0. The molecule has 2 heteroatoms. The molecule has 0 rings (SSSR count). The molecule has 0 aromatic rings. The maximum Gasteiger partial charge on any atom is 0.286 e. The van der Waals surface area contributed by atoms with E-state index in [0.29, 0.717) is 0 Å². The fourth-order valence-corrected chi connectivity index (χ4v) is 0.640. The van der Waals surface area contributed by atoms with Crippen LogP contribution in [0.1, 0.15) is 33.1 Å². The van der Waals surface area contributed by atoms with Crippen molar-refractivity contribution in [3.63, 3.8) is 0 Å². The number of ether oxygens (including phenoxy) is 1. The molecule has 2 nitrogen and oxygen atoms in total.